The Bertz CT molecular complexity index is 812. The quantitative estimate of drug-likeness (QED) is 0.706. The van der Waals surface area contributed by atoms with Crippen LogP contribution in [0.1, 0.15) is 39.0 Å². The molecule has 0 spiro atoms. The third-order valence-electron chi connectivity index (χ3n) is 5.36. The van der Waals surface area contributed by atoms with Crippen LogP contribution in [0.4, 0.5) is 10.5 Å². The Morgan fingerprint density at radius 3 is 2.77 bits per heavy atom. The number of nitrogens with zero attached hydrogens (tertiary/aromatic N) is 1. The van der Waals surface area contributed by atoms with E-state index in [1.807, 2.05) is 0 Å². The van der Waals surface area contributed by atoms with Crippen molar-refractivity contribution >= 4 is 29.5 Å². The number of para-hydroxylation sites is 2. The van der Waals surface area contributed by atoms with Gasteiger partial charge >= 0.3 is 12.0 Å². The first-order chi connectivity index (χ1) is 14.4. The minimum absolute atomic E-state index is 0.0328. The zero-order chi connectivity index (χ0) is 21.5. The molecule has 1 saturated carbocycles. The molecule has 162 valence electrons. The van der Waals surface area contributed by atoms with E-state index in [1.165, 1.54) is 4.90 Å². The Morgan fingerprint density at radius 1 is 1.20 bits per heavy atom. The molecule has 1 aliphatic carbocycles. The Balaban J connectivity index is 1.46. The lowest BCUT2D eigenvalue weighted by Crippen LogP contribution is -2.48. The number of carbonyl (C=O) groups is 4. The summed E-state index contributed by atoms with van der Waals surface area (Å²) in [5, 5.41) is 4.97. The van der Waals surface area contributed by atoms with E-state index in [-0.39, 0.29) is 31.5 Å². The zero-order valence-electron chi connectivity index (χ0n) is 17.0. The van der Waals surface area contributed by atoms with Crippen molar-refractivity contribution in [3.05, 3.63) is 24.3 Å². The largest absolute Gasteiger partial charge is 0.491 e. The normalized spacial score (nSPS) is 21.0. The van der Waals surface area contributed by atoms with E-state index in [1.54, 1.807) is 24.3 Å². The second-order valence-electron chi connectivity index (χ2n) is 7.60. The van der Waals surface area contributed by atoms with Gasteiger partial charge in [0.2, 0.25) is 5.91 Å². The number of benzene rings is 1. The number of anilines is 1. The Hall–Kier alpha value is -3.10. The highest BCUT2D eigenvalue weighted by molar-refractivity contribution is 6.00. The summed E-state index contributed by atoms with van der Waals surface area (Å²) in [6, 6.07) is 6.34. The summed E-state index contributed by atoms with van der Waals surface area (Å²) >= 11 is 0. The highest BCUT2D eigenvalue weighted by Gasteiger charge is 2.26. The molecule has 30 heavy (non-hydrogen) atoms. The minimum Gasteiger partial charge on any atom is -0.491 e. The van der Waals surface area contributed by atoms with Gasteiger partial charge in [0.1, 0.15) is 12.3 Å². The topological polar surface area (TPSA) is 114 Å². The maximum absolute atomic E-state index is 12.3. The number of urea groups is 1. The van der Waals surface area contributed by atoms with Crippen LogP contribution >= 0.6 is 0 Å². The van der Waals surface area contributed by atoms with E-state index in [4.69, 9.17) is 9.47 Å². The number of nitrogens with one attached hydrogen (secondary N) is 2. The fraction of sp³-hybridized carbons (Fsp3) is 0.524. The summed E-state index contributed by atoms with van der Waals surface area (Å²) < 4.78 is 10.5. The number of hydrogen-bond donors (Lipinski definition) is 2. The van der Waals surface area contributed by atoms with Gasteiger partial charge in [-0.05, 0) is 30.9 Å². The van der Waals surface area contributed by atoms with Crippen molar-refractivity contribution in [1.82, 2.24) is 10.6 Å². The van der Waals surface area contributed by atoms with E-state index < -0.39 is 24.5 Å². The highest BCUT2D eigenvalue weighted by Crippen LogP contribution is 2.30. The van der Waals surface area contributed by atoms with Crippen LogP contribution in [0.3, 0.4) is 0 Å². The van der Waals surface area contributed by atoms with Crippen molar-refractivity contribution in [3.8, 4) is 5.75 Å². The number of imide groups is 1. The van der Waals surface area contributed by atoms with Gasteiger partial charge in [-0.15, -0.1) is 0 Å². The zero-order valence-corrected chi connectivity index (χ0v) is 17.0. The van der Waals surface area contributed by atoms with Crippen molar-refractivity contribution in [2.75, 3.05) is 24.7 Å². The lowest BCUT2D eigenvalue weighted by molar-refractivity contribution is -0.147. The van der Waals surface area contributed by atoms with Crippen LogP contribution in [0, 0.1) is 5.92 Å². The van der Waals surface area contributed by atoms with Crippen LogP contribution < -0.4 is 20.3 Å². The molecule has 9 heteroatoms. The number of hydrogen-bond acceptors (Lipinski definition) is 6. The van der Waals surface area contributed by atoms with Gasteiger partial charge in [-0.1, -0.05) is 31.9 Å². The molecule has 0 bridgehead atoms. The fourth-order valence-corrected chi connectivity index (χ4v) is 3.71. The lowest BCUT2D eigenvalue weighted by Gasteiger charge is -2.29. The minimum atomic E-state index is -0.753. The number of carbonyl (C=O) groups excluding carboxylic acids is 4. The molecule has 1 aliphatic heterocycles. The van der Waals surface area contributed by atoms with Crippen molar-refractivity contribution < 1.29 is 28.7 Å². The molecule has 4 amide bonds. The van der Waals surface area contributed by atoms with Crippen molar-refractivity contribution in [1.29, 1.82) is 0 Å². The predicted molar refractivity (Wildman–Crippen MR) is 108 cm³/mol. The summed E-state index contributed by atoms with van der Waals surface area (Å²) in [7, 11) is 0. The van der Waals surface area contributed by atoms with E-state index in [0.29, 0.717) is 17.4 Å². The summed E-state index contributed by atoms with van der Waals surface area (Å²) in [5.41, 5.74) is 0.474. The van der Waals surface area contributed by atoms with Crippen molar-refractivity contribution in [3.63, 3.8) is 0 Å². The fourth-order valence-electron chi connectivity index (χ4n) is 3.71. The Kier molecular flexibility index (Phi) is 7.26. The van der Waals surface area contributed by atoms with Crippen molar-refractivity contribution in [2.24, 2.45) is 5.92 Å². The molecule has 1 fully saturated rings. The summed E-state index contributed by atoms with van der Waals surface area (Å²) in [4.78, 5) is 49.7. The van der Waals surface area contributed by atoms with E-state index >= 15 is 0 Å². The Morgan fingerprint density at radius 2 is 1.97 bits per heavy atom. The molecule has 0 saturated heterocycles. The molecule has 1 heterocycles. The number of rotatable bonds is 5. The van der Waals surface area contributed by atoms with E-state index in [0.717, 1.165) is 25.7 Å². The van der Waals surface area contributed by atoms with E-state index in [9.17, 15) is 19.2 Å². The first kappa shape index (κ1) is 21.6. The lowest BCUT2D eigenvalue weighted by atomic mass is 9.86. The van der Waals surface area contributed by atoms with Gasteiger partial charge < -0.3 is 14.8 Å². The molecule has 0 radical (unpaired) electrons. The molecule has 2 N–H and O–H groups in total. The number of fused-ring (bicyclic) bond motifs is 1. The third kappa shape index (κ3) is 5.71. The average Bonchev–Trinajstić information content (AvgIpc) is 2.87. The van der Waals surface area contributed by atoms with Crippen LogP contribution in [-0.2, 0) is 19.1 Å². The monoisotopic (exact) mass is 417 g/mol. The predicted octanol–water partition coefficient (Wildman–Crippen LogP) is 1.75. The maximum atomic E-state index is 12.3. The number of esters is 1. The van der Waals surface area contributed by atoms with Crippen LogP contribution in [0.15, 0.2) is 24.3 Å². The van der Waals surface area contributed by atoms with Crippen LogP contribution in [-0.4, -0.2) is 49.6 Å². The molecular formula is C21H27N3O6. The number of amides is 4. The molecule has 1 aromatic rings. The smallest absolute Gasteiger partial charge is 0.326 e. The molecule has 0 unspecified atom stereocenters. The van der Waals surface area contributed by atoms with Gasteiger partial charge in [0.15, 0.2) is 6.61 Å². The second kappa shape index (κ2) is 10.1. The molecule has 2 aliphatic rings. The summed E-state index contributed by atoms with van der Waals surface area (Å²) in [5.74, 6) is -0.896. The van der Waals surface area contributed by atoms with Crippen LogP contribution in [0.25, 0.3) is 0 Å². The first-order valence-corrected chi connectivity index (χ1v) is 10.2. The second-order valence-corrected chi connectivity index (χ2v) is 7.60. The standard InChI is InChI=1S/C21H27N3O6/c1-14-6-2-3-7-15(14)22-21(28)23-18(25)13-30-20(27)12-24-16-8-4-5-9-17(16)29-11-10-19(24)26/h4-5,8-9,14-15H,2-3,6-7,10-13H2,1H3,(H2,22,23,25,28)/t14-,15-/m0/s1. The molecular weight excluding hydrogens is 390 g/mol. The average molecular weight is 417 g/mol. The van der Waals surface area contributed by atoms with Gasteiger partial charge in [-0.25, -0.2) is 4.79 Å². The van der Waals surface area contributed by atoms with Crippen LogP contribution in [0.5, 0.6) is 5.75 Å². The molecule has 9 nitrogen and oxygen atoms in total. The number of ether oxygens (including phenoxy) is 2. The van der Waals surface area contributed by atoms with Gasteiger partial charge in [0, 0.05) is 6.04 Å². The molecule has 1 aromatic carbocycles. The summed E-state index contributed by atoms with van der Waals surface area (Å²) in [6.07, 6.45) is 4.24. The molecule has 0 aromatic heterocycles. The van der Waals surface area contributed by atoms with Crippen LogP contribution in [0.2, 0.25) is 0 Å². The van der Waals surface area contributed by atoms with E-state index in [2.05, 4.69) is 17.6 Å². The maximum Gasteiger partial charge on any atom is 0.326 e. The van der Waals surface area contributed by atoms with Gasteiger partial charge in [0.05, 0.1) is 18.7 Å². The SMILES string of the molecule is C[C@H]1CCCC[C@@H]1NC(=O)NC(=O)COC(=O)CN1C(=O)CCOc2ccccc21. The first-order valence-electron chi connectivity index (χ1n) is 10.2. The third-order valence-corrected chi connectivity index (χ3v) is 5.36. The van der Waals surface area contributed by atoms with Gasteiger partial charge in [-0.3, -0.25) is 24.6 Å². The molecule has 3 rings (SSSR count). The summed E-state index contributed by atoms with van der Waals surface area (Å²) in [6.45, 7) is 1.34. The van der Waals surface area contributed by atoms with Crippen molar-refractivity contribution in [2.45, 2.75) is 45.1 Å². The van der Waals surface area contributed by atoms with Gasteiger partial charge in [0.25, 0.3) is 5.91 Å². The Labute approximate surface area is 175 Å². The van der Waals surface area contributed by atoms with Gasteiger partial charge in [-0.2, -0.15) is 0 Å². The molecule has 2 atom stereocenters. The highest BCUT2D eigenvalue weighted by atomic mass is 16.5.